The number of nitrogens with zero attached hydrogens (tertiary/aromatic N) is 1. The number of amides is 1. The van der Waals surface area contributed by atoms with Crippen LogP contribution in [0.1, 0.15) is 5.69 Å². The second-order valence-corrected chi connectivity index (χ2v) is 4.95. The van der Waals surface area contributed by atoms with Crippen molar-refractivity contribution >= 4 is 46.1 Å². The van der Waals surface area contributed by atoms with Gasteiger partial charge < -0.3 is 5.32 Å². The number of thiazole rings is 1. The summed E-state index contributed by atoms with van der Waals surface area (Å²) in [5, 5.41) is 5.53. The Labute approximate surface area is 112 Å². The lowest BCUT2D eigenvalue weighted by atomic mass is 10.3. The van der Waals surface area contributed by atoms with Crippen molar-refractivity contribution in [3.05, 3.63) is 44.8 Å². The third-order valence-electron chi connectivity index (χ3n) is 1.97. The normalized spacial score (nSPS) is 10.2. The van der Waals surface area contributed by atoms with Gasteiger partial charge in [-0.15, -0.1) is 11.3 Å². The third-order valence-corrected chi connectivity index (χ3v) is 3.04. The molecule has 0 aliphatic heterocycles. The molecular weight excluding hydrogens is 279 g/mol. The first kappa shape index (κ1) is 12.4. The van der Waals surface area contributed by atoms with Crippen molar-refractivity contribution in [3.63, 3.8) is 0 Å². The second kappa shape index (κ2) is 5.49. The molecule has 0 fully saturated rings. The largest absolute Gasteiger partial charge is 0.326 e. The van der Waals surface area contributed by atoms with Gasteiger partial charge in [0.2, 0.25) is 5.91 Å². The highest BCUT2D eigenvalue weighted by Gasteiger charge is 2.06. The van der Waals surface area contributed by atoms with Crippen molar-refractivity contribution < 1.29 is 4.79 Å². The van der Waals surface area contributed by atoms with Crippen LogP contribution in [0.15, 0.2) is 29.1 Å². The van der Waals surface area contributed by atoms with Gasteiger partial charge in [0.15, 0.2) is 0 Å². The van der Waals surface area contributed by atoms with Gasteiger partial charge >= 0.3 is 0 Å². The molecule has 0 aliphatic rings. The molecule has 0 spiro atoms. The lowest BCUT2D eigenvalue weighted by Crippen LogP contribution is -2.14. The molecule has 3 nitrogen and oxygen atoms in total. The van der Waals surface area contributed by atoms with Gasteiger partial charge in [-0.25, -0.2) is 4.98 Å². The van der Waals surface area contributed by atoms with Crippen molar-refractivity contribution in [3.8, 4) is 0 Å². The summed E-state index contributed by atoms with van der Waals surface area (Å²) in [5.74, 6) is -0.144. The first-order valence-corrected chi connectivity index (χ1v) is 6.46. The maximum absolute atomic E-state index is 11.7. The minimum atomic E-state index is -0.144. The fraction of sp³-hybridized carbons (Fsp3) is 0.0909. The zero-order valence-corrected chi connectivity index (χ0v) is 10.9. The zero-order valence-electron chi connectivity index (χ0n) is 8.61. The number of benzene rings is 1. The molecule has 88 valence electrons. The average molecular weight is 287 g/mol. The Bertz CT molecular complexity index is 508. The molecule has 0 saturated carbocycles. The predicted molar refractivity (Wildman–Crippen MR) is 70.9 cm³/mol. The van der Waals surface area contributed by atoms with Crippen molar-refractivity contribution in [2.45, 2.75) is 6.42 Å². The monoisotopic (exact) mass is 286 g/mol. The Kier molecular flexibility index (Phi) is 3.99. The molecule has 0 bridgehead atoms. The van der Waals surface area contributed by atoms with E-state index >= 15 is 0 Å². The summed E-state index contributed by atoms with van der Waals surface area (Å²) >= 11 is 13.1. The number of carbonyl (C=O) groups is 1. The van der Waals surface area contributed by atoms with Gasteiger partial charge in [0.05, 0.1) is 17.6 Å². The van der Waals surface area contributed by atoms with Crippen LogP contribution in [0.3, 0.4) is 0 Å². The maximum Gasteiger partial charge on any atom is 0.230 e. The SMILES string of the molecule is O=C(Cc1cscn1)Nc1cc(Cl)cc(Cl)c1. The molecule has 0 atom stereocenters. The Morgan fingerprint density at radius 3 is 2.59 bits per heavy atom. The Morgan fingerprint density at radius 1 is 1.29 bits per heavy atom. The van der Waals surface area contributed by atoms with E-state index in [1.165, 1.54) is 11.3 Å². The van der Waals surface area contributed by atoms with Crippen LogP contribution in [-0.2, 0) is 11.2 Å². The number of hydrogen-bond donors (Lipinski definition) is 1. The zero-order chi connectivity index (χ0) is 12.3. The van der Waals surface area contributed by atoms with Crippen molar-refractivity contribution in [2.75, 3.05) is 5.32 Å². The van der Waals surface area contributed by atoms with Gasteiger partial charge in [0, 0.05) is 21.1 Å². The van der Waals surface area contributed by atoms with E-state index in [1.807, 2.05) is 5.38 Å². The number of nitrogens with one attached hydrogen (secondary N) is 1. The molecule has 17 heavy (non-hydrogen) atoms. The lowest BCUT2D eigenvalue weighted by molar-refractivity contribution is -0.115. The molecule has 1 N–H and O–H groups in total. The summed E-state index contributed by atoms with van der Waals surface area (Å²) in [5.41, 5.74) is 3.03. The number of aromatic nitrogens is 1. The molecule has 2 rings (SSSR count). The molecule has 2 aromatic rings. The summed E-state index contributed by atoms with van der Waals surface area (Å²) in [6.07, 6.45) is 0.244. The molecule has 1 aromatic heterocycles. The molecule has 1 aromatic carbocycles. The Balaban J connectivity index is 2.03. The fourth-order valence-corrected chi connectivity index (χ4v) is 2.40. The van der Waals surface area contributed by atoms with Crippen molar-refractivity contribution in [2.24, 2.45) is 0 Å². The summed E-state index contributed by atoms with van der Waals surface area (Å²) in [4.78, 5) is 15.7. The lowest BCUT2D eigenvalue weighted by Gasteiger charge is -2.05. The summed E-state index contributed by atoms with van der Waals surface area (Å²) < 4.78 is 0. The molecule has 0 aliphatic carbocycles. The van der Waals surface area contributed by atoms with Crippen molar-refractivity contribution in [1.82, 2.24) is 4.98 Å². The third kappa shape index (κ3) is 3.70. The topological polar surface area (TPSA) is 42.0 Å². The van der Waals surface area contributed by atoms with E-state index in [0.29, 0.717) is 15.7 Å². The highest BCUT2D eigenvalue weighted by Crippen LogP contribution is 2.22. The van der Waals surface area contributed by atoms with Gasteiger partial charge in [-0.2, -0.15) is 0 Å². The van der Waals surface area contributed by atoms with Crippen LogP contribution in [0, 0.1) is 0 Å². The number of carbonyl (C=O) groups excluding carboxylic acids is 1. The summed E-state index contributed by atoms with van der Waals surface area (Å²) in [7, 11) is 0. The fourth-order valence-electron chi connectivity index (χ4n) is 1.32. The van der Waals surface area contributed by atoms with E-state index in [-0.39, 0.29) is 12.3 Å². The van der Waals surface area contributed by atoms with Gasteiger partial charge in [-0.3, -0.25) is 4.79 Å². The maximum atomic E-state index is 11.7. The summed E-state index contributed by atoms with van der Waals surface area (Å²) in [6.45, 7) is 0. The average Bonchev–Trinajstić information content (AvgIpc) is 2.67. The summed E-state index contributed by atoms with van der Waals surface area (Å²) in [6, 6.07) is 4.90. The van der Waals surface area contributed by atoms with Gasteiger partial charge in [0.1, 0.15) is 0 Å². The van der Waals surface area contributed by atoms with Gasteiger partial charge in [-0.05, 0) is 18.2 Å². The second-order valence-electron chi connectivity index (χ2n) is 3.36. The predicted octanol–water partition coefficient (Wildman–Crippen LogP) is 3.63. The molecule has 1 amide bonds. The first-order valence-electron chi connectivity index (χ1n) is 4.76. The van der Waals surface area contributed by atoms with Crippen LogP contribution in [0.4, 0.5) is 5.69 Å². The number of halogens is 2. The molecule has 1 heterocycles. The van der Waals surface area contributed by atoms with Crippen LogP contribution in [0.5, 0.6) is 0 Å². The van der Waals surface area contributed by atoms with Crippen LogP contribution >= 0.6 is 34.5 Å². The molecular formula is C11H8Cl2N2OS. The highest BCUT2D eigenvalue weighted by atomic mass is 35.5. The number of hydrogen-bond acceptors (Lipinski definition) is 3. The van der Waals surface area contributed by atoms with Gasteiger partial charge in [0.25, 0.3) is 0 Å². The van der Waals surface area contributed by atoms with E-state index in [1.54, 1.807) is 23.7 Å². The minimum Gasteiger partial charge on any atom is -0.326 e. The quantitative estimate of drug-likeness (QED) is 0.936. The van der Waals surface area contributed by atoms with Crippen LogP contribution < -0.4 is 5.32 Å². The minimum absolute atomic E-state index is 0.144. The molecule has 0 saturated heterocycles. The van der Waals surface area contributed by atoms with E-state index < -0.39 is 0 Å². The van der Waals surface area contributed by atoms with E-state index in [2.05, 4.69) is 10.3 Å². The van der Waals surface area contributed by atoms with Crippen LogP contribution in [-0.4, -0.2) is 10.9 Å². The van der Waals surface area contributed by atoms with Crippen molar-refractivity contribution in [1.29, 1.82) is 0 Å². The molecule has 0 radical (unpaired) electrons. The van der Waals surface area contributed by atoms with E-state index in [0.717, 1.165) is 5.69 Å². The van der Waals surface area contributed by atoms with E-state index in [4.69, 9.17) is 23.2 Å². The Morgan fingerprint density at radius 2 is 2.00 bits per heavy atom. The van der Waals surface area contributed by atoms with Crippen LogP contribution in [0.25, 0.3) is 0 Å². The highest BCUT2D eigenvalue weighted by molar-refractivity contribution is 7.07. The number of rotatable bonds is 3. The molecule has 0 unspecified atom stereocenters. The first-order chi connectivity index (χ1) is 8.13. The van der Waals surface area contributed by atoms with Gasteiger partial charge in [-0.1, -0.05) is 23.2 Å². The molecule has 6 heteroatoms. The standard InChI is InChI=1S/C11H8Cl2N2OS/c12-7-1-8(13)3-9(2-7)15-11(16)4-10-5-17-6-14-10/h1-3,5-6H,4H2,(H,15,16). The Hall–Kier alpha value is -1.10. The van der Waals surface area contributed by atoms with Crippen LogP contribution in [0.2, 0.25) is 10.0 Å². The smallest absolute Gasteiger partial charge is 0.230 e. The van der Waals surface area contributed by atoms with E-state index in [9.17, 15) is 4.79 Å². The number of anilines is 1.